The lowest BCUT2D eigenvalue weighted by Crippen LogP contribution is -2.09. The van der Waals surface area contributed by atoms with E-state index in [2.05, 4.69) is 53.9 Å². The smallest absolute Gasteiger partial charge is 0.124 e. The van der Waals surface area contributed by atoms with Crippen molar-refractivity contribution in [1.82, 2.24) is 0 Å². The molecule has 0 saturated carbocycles. The van der Waals surface area contributed by atoms with Gasteiger partial charge in [-0.25, -0.2) is 4.39 Å². The summed E-state index contributed by atoms with van der Waals surface area (Å²) < 4.78 is 13.9. The number of aryl methyl sites for hydroxylation is 1. The van der Waals surface area contributed by atoms with Crippen LogP contribution in [-0.2, 0) is 0 Å². The molecule has 1 unspecified atom stereocenters. The average Bonchev–Trinajstić information content (AvgIpc) is 2.33. The van der Waals surface area contributed by atoms with Crippen molar-refractivity contribution >= 4 is 28.3 Å². The molecule has 1 N–H and O–H groups in total. The van der Waals surface area contributed by atoms with Gasteiger partial charge in [0.25, 0.3) is 0 Å². The molecule has 1 nitrogen and oxygen atoms in total. The zero-order valence-corrected chi connectivity index (χ0v) is 12.5. The summed E-state index contributed by atoms with van der Waals surface area (Å²) in [7, 11) is 0. The fourth-order valence-corrected chi connectivity index (χ4v) is 2.62. The third-order valence-electron chi connectivity index (χ3n) is 2.96. The summed E-state index contributed by atoms with van der Waals surface area (Å²) in [5, 5.41) is 3.42. The zero-order chi connectivity index (χ0) is 13.1. The molecule has 0 saturated heterocycles. The highest BCUT2D eigenvalue weighted by Crippen LogP contribution is 2.25. The van der Waals surface area contributed by atoms with Crippen LogP contribution in [0.4, 0.5) is 10.1 Å². The summed E-state index contributed by atoms with van der Waals surface area (Å²) in [6.07, 6.45) is 0. The second-order valence-corrected chi connectivity index (χ2v) is 5.51. The van der Waals surface area contributed by atoms with Gasteiger partial charge in [0.15, 0.2) is 0 Å². The van der Waals surface area contributed by atoms with Crippen LogP contribution in [0.3, 0.4) is 0 Å². The topological polar surface area (TPSA) is 12.0 Å². The largest absolute Gasteiger partial charge is 0.378 e. The Morgan fingerprint density at radius 2 is 1.89 bits per heavy atom. The second kappa shape index (κ2) is 5.69. The Bertz CT molecular complexity index is 554. The molecule has 0 spiro atoms. The molecule has 0 amide bonds. The fourth-order valence-electron chi connectivity index (χ4n) is 1.99. The van der Waals surface area contributed by atoms with Gasteiger partial charge in [-0.2, -0.15) is 0 Å². The SMILES string of the molecule is Cc1ccccc1C(C)Nc1ccc(F)cc1I. The van der Waals surface area contributed by atoms with Crippen LogP contribution in [0.5, 0.6) is 0 Å². The maximum absolute atomic E-state index is 13.0. The van der Waals surface area contributed by atoms with E-state index in [0.717, 1.165) is 9.26 Å². The average molecular weight is 355 g/mol. The molecule has 0 aliphatic carbocycles. The predicted molar refractivity (Wildman–Crippen MR) is 82.3 cm³/mol. The maximum atomic E-state index is 13.0. The summed E-state index contributed by atoms with van der Waals surface area (Å²) in [5.41, 5.74) is 3.49. The van der Waals surface area contributed by atoms with E-state index in [9.17, 15) is 4.39 Å². The molecular formula is C15H15FIN. The molecule has 0 aliphatic heterocycles. The molecule has 2 aromatic carbocycles. The molecule has 0 aromatic heterocycles. The summed E-state index contributed by atoms with van der Waals surface area (Å²) in [6, 6.07) is 13.3. The third kappa shape index (κ3) is 3.02. The number of nitrogens with one attached hydrogen (secondary N) is 1. The fraction of sp³-hybridized carbons (Fsp3) is 0.200. The third-order valence-corrected chi connectivity index (χ3v) is 3.85. The van der Waals surface area contributed by atoms with E-state index >= 15 is 0 Å². The van der Waals surface area contributed by atoms with Crippen molar-refractivity contribution in [2.75, 3.05) is 5.32 Å². The molecule has 0 radical (unpaired) electrons. The standard InChI is InChI=1S/C15H15FIN/c1-10-5-3-4-6-13(10)11(2)18-15-8-7-12(16)9-14(15)17/h3-9,11,18H,1-2H3. The lowest BCUT2D eigenvalue weighted by Gasteiger charge is -2.18. The molecular weight excluding hydrogens is 340 g/mol. The second-order valence-electron chi connectivity index (χ2n) is 4.35. The molecule has 18 heavy (non-hydrogen) atoms. The van der Waals surface area contributed by atoms with Gasteiger partial charge in [0.1, 0.15) is 5.82 Å². The van der Waals surface area contributed by atoms with Crippen LogP contribution in [-0.4, -0.2) is 0 Å². The van der Waals surface area contributed by atoms with Crippen LogP contribution in [0.2, 0.25) is 0 Å². The van der Waals surface area contributed by atoms with Gasteiger partial charge in [-0.1, -0.05) is 24.3 Å². The Hall–Kier alpha value is -1.10. The number of hydrogen-bond donors (Lipinski definition) is 1. The van der Waals surface area contributed by atoms with Crippen LogP contribution in [0.1, 0.15) is 24.1 Å². The molecule has 2 aromatic rings. The molecule has 3 heteroatoms. The van der Waals surface area contributed by atoms with Crippen LogP contribution in [0.25, 0.3) is 0 Å². The number of hydrogen-bond acceptors (Lipinski definition) is 1. The Labute approximate surface area is 121 Å². The van der Waals surface area contributed by atoms with Crippen LogP contribution in [0.15, 0.2) is 42.5 Å². The maximum Gasteiger partial charge on any atom is 0.124 e. The number of rotatable bonds is 3. The quantitative estimate of drug-likeness (QED) is 0.772. The van der Waals surface area contributed by atoms with Gasteiger partial charge < -0.3 is 5.32 Å². The zero-order valence-electron chi connectivity index (χ0n) is 10.4. The van der Waals surface area contributed by atoms with E-state index in [1.165, 1.54) is 23.3 Å². The summed E-state index contributed by atoms with van der Waals surface area (Å²) in [5.74, 6) is -0.200. The van der Waals surface area contributed by atoms with Crippen LogP contribution in [0, 0.1) is 16.3 Å². The molecule has 0 bridgehead atoms. The van der Waals surface area contributed by atoms with Gasteiger partial charge in [-0.15, -0.1) is 0 Å². The predicted octanol–water partition coefficient (Wildman–Crippen LogP) is 4.91. The van der Waals surface area contributed by atoms with Crippen molar-refractivity contribution in [3.8, 4) is 0 Å². The van der Waals surface area contributed by atoms with E-state index in [1.54, 1.807) is 6.07 Å². The molecule has 1 atom stereocenters. The number of benzene rings is 2. The number of halogens is 2. The highest BCUT2D eigenvalue weighted by molar-refractivity contribution is 14.1. The lowest BCUT2D eigenvalue weighted by molar-refractivity contribution is 0.627. The normalized spacial score (nSPS) is 12.2. The van der Waals surface area contributed by atoms with Crippen molar-refractivity contribution in [1.29, 1.82) is 0 Å². The highest BCUT2D eigenvalue weighted by atomic mass is 127. The van der Waals surface area contributed by atoms with Gasteiger partial charge in [0, 0.05) is 15.3 Å². The monoisotopic (exact) mass is 355 g/mol. The van der Waals surface area contributed by atoms with E-state index in [4.69, 9.17) is 0 Å². The summed E-state index contributed by atoms with van der Waals surface area (Å²) in [4.78, 5) is 0. The molecule has 94 valence electrons. The van der Waals surface area contributed by atoms with Crippen molar-refractivity contribution in [2.24, 2.45) is 0 Å². The van der Waals surface area contributed by atoms with E-state index in [-0.39, 0.29) is 11.9 Å². The minimum atomic E-state index is -0.200. The molecule has 2 rings (SSSR count). The minimum absolute atomic E-state index is 0.199. The first-order chi connectivity index (χ1) is 8.58. The van der Waals surface area contributed by atoms with Crippen molar-refractivity contribution in [3.63, 3.8) is 0 Å². The summed E-state index contributed by atoms with van der Waals surface area (Å²) in [6.45, 7) is 4.21. The van der Waals surface area contributed by atoms with Gasteiger partial charge >= 0.3 is 0 Å². The Kier molecular flexibility index (Phi) is 4.22. The van der Waals surface area contributed by atoms with Crippen molar-refractivity contribution in [3.05, 3.63) is 63.0 Å². The van der Waals surface area contributed by atoms with Gasteiger partial charge in [0.2, 0.25) is 0 Å². The molecule has 0 fully saturated rings. The van der Waals surface area contributed by atoms with Crippen LogP contribution < -0.4 is 5.32 Å². The Morgan fingerprint density at radius 1 is 1.17 bits per heavy atom. The number of anilines is 1. The first-order valence-corrected chi connectivity index (χ1v) is 6.93. The first kappa shape index (κ1) is 13.3. The summed E-state index contributed by atoms with van der Waals surface area (Å²) >= 11 is 2.14. The van der Waals surface area contributed by atoms with E-state index in [1.807, 2.05) is 12.1 Å². The van der Waals surface area contributed by atoms with E-state index in [0.29, 0.717) is 0 Å². The van der Waals surface area contributed by atoms with E-state index < -0.39 is 0 Å². The van der Waals surface area contributed by atoms with Crippen molar-refractivity contribution < 1.29 is 4.39 Å². The minimum Gasteiger partial charge on any atom is -0.378 e. The molecule has 0 heterocycles. The van der Waals surface area contributed by atoms with Gasteiger partial charge in [0.05, 0.1) is 0 Å². The molecule has 0 aliphatic rings. The van der Waals surface area contributed by atoms with Gasteiger partial charge in [-0.3, -0.25) is 0 Å². The van der Waals surface area contributed by atoms with Crippen LogP contribution >= 0.6 is 22.6 Å². The lowest BCUT2D eigenvalue weighted by atomic mass is 10.0. The van der Waals surface area contributed by atoms with Crippen molar-refractivity contribution in [2.45, 2.75) is 19.9 Å². The van der Waals surface area contributed by atoms with Gasteiger partial charge in [-0.05, 0) is 65.8 Å². The first-order valence-electron chi connectivity index (χ1n) is 5.85. The Morgan fingerprint density at radius 3 is 2.56 bits per heavy atom. The highest BCUT2D eigenvalue weighted by Gasteiger charge is 2.09. The Balaban J connectivity index is 2.21.